The van der Waals surface area contributed by atoms with Gasteiger partial charge in [-0.3, -0.25) is 5.10 Å². The Morgan fingerprint density at radius 2 is 2.55 bits per heavy atom. The predicted molar refractivity (Wildman–Crippen MR) is 40.7 cm³/mol. The van der Waals surface area contributed by atoms with Crippen LogP contribution in [-0.2, 0) is 0 Å². The molecule has 60 valence electrons. The van der Waals surface area contributed by atoms with Gasteiger partial charge >= 0.3 is 0 Å². The molecular weight excluding hydrogens is 140 g/mol. The predicted octanol–water partition coefficient (Wildman–Crippen LogP) is 0.605. The third-order valence-electron chi connectivity index (χ3n) is 2.07. The first-order chi connectivity index (χ1) is 5.36. The van der Waals surface area contributed by atoms with Gasteiger partial charge in [0.15, 0.2) is 0 Å². The highest BCUT2D eigenvalue weighted by molar-refractivity contribution is 4.92. The van der Waals surface area contributed by atoms with Crippen LogP contribution in [-0.4, -0.2) is 15.2 Å². The van der Waals surface area contributed by atoms with Crippen LogP contribution in [0.2, 0.25) is 0 Å². The Bertz CT molecular complexity index is 214. The third kappa shape index (κ3) is 1.57. The van der Waals surface area contributed by atoms with E-state index in [2.05, 4.69) is 15.2 Å². The number of hydrogen-bond acceptors (Lipinski definition) is 3. The molecule has 0 unspecified atom stereocenters. The summed E-state index contributed by atoms with van der Waals surface area (Å²) in [5.74, 6) is 1.66. The van der Waals surface area contributed by atoms with E-state index in [0.717, 1.165) is 18.2 Å². The van der Waals surface area contributed by atoms with Crippen molar-refractivity contribution in [3.63, 3.8) is 0 Å². The van der Waals surface area contributed by atoms with Crippen LogP contribution < -0.4 is 5.73 Å². The van der Waals surface area contributed by atoms with Gasteiger partial charge in [-0.1, -0.05) is 12.8 Å². The standard InChI is InChI=1S/C7H12N4/c8-6(3-5-1-2-5)7-9-4-10-11-7/h4-6H,1-3,8H2,(H,9,10,11)/t6-/m0/s1. The van der Waals surface area contributed by atoms with E-state index in [-0.39, 0.29) is 6.04 Å². The Kier molecular flexibility index (Phi) is 1.62. The van der Waals surface area contributed by atoms with E-state index in [1.165, 1.54) is 19.2 Å². The Hall–Kier alpha value is -0.900. The number of nitrogens with one attached hydrogen (secondary N) is 1. The van der Waals surface area contributed by atoms with Gasteiger partial charge in [0.2, 0.25) is 0 Å². The zero-order valence-electron chi connectivity index (χ0n) is 6.33. The molecule has 0 amide bonds. The van der Waals surface area contributed by atoms with Crippen molar-refractivity contribution >= 4 is 0 Å². The summed E-state index contributed by atoms with van der Waals surface area (Å²) in [6, 6.07) is 0.0602. The third-order valence-corrected chi connectivity index (χ3v) is 2.07. The number of aromatic amines is 1. The van der Waals surface area contributed by atoms with Gasteiger partial charge in [0.25, 0.3) is 0 Å². The van der Waals surface area contributed by atoms with Gasteiger partial charge in [-0.15, -0.1) is 0 Å². The molecule has 4 heteroatoms. The van der Waals surface area contributed by atoms with E-state index in [1.807, 2.05) is 0 Å². The van der Waals surface area contributed by atoms with Crippen LogP contribution in [0, 0.1) is 5.92 Å². The Morgan fingerprint density at radius 1 is 1.73 bits per heavy atom. The quantitative estimate of drug-likeness (QED) is 0.666. The summed E-state index contributed by atoms with van der Waals surface area (Å²) in [6.07, 6.45) is 5.22. The number of H-pyrrole nitrogens is 1. The summed E-state index contributed by atoms with van der Waals surface area (Å²) in [7, 11) is 0. The number of nitrogens with zero attached hydrogens (tertiary/aromatic N) is 2. The van der Waals surface area contributed by atoms with E-state index in [4.69, 9.17) is 5.73 Å². The fourth-order valence-electron chi connectivity index (χ4n) is 1.22. The highest BCUT2D eigenvalue weighted by atomic mass is 15.2. The Balaban J connectivity index is 1.93. The second kappa shape index (κ2) is 2.62. The lowest BCUT2D eigenvalue weighted by molar-refractivity contribution is 0.569. The smallest absolute Gasteiger partial charge is 0.141 e. The largest absolute Gasteiger partial charge is 0.321 e. The normalized spacial score (nSPS) is 20.1. The van der Waals surface area contributed by atoms with E-state index >= 15 is 0 Å². The van der Waals surface area contributed by atoms with Gasteiger partial charge in [0, 0.05) is 0 Å². The molecule has 11 heavy (non-hydrogen) atoms. The van der Waals surface area contributed by atoms with Crippen LogP contribution >= 0.6 is 0 Å². The molecule has 4 nitrogen and oxygen atoms in total. The van der Waals surface area contributed by atoms with E-state index in [9.17, 15) is 0 Å². The molecule has 1 fully saturated rings. The summed E-state index contributed by atoms with van der Waals surface area (Å²) < 4.78 is 0. The minimum absolute atomic E-state index is 0.0602. The fraction of sp³-hybridized carbons (Fsp3) is 0.714. The van der Waals surface area contributed by atoms with Crippen LogP contribution in [0.5, 0.6) is 0 Å². The van der Waals surface area contributed by atoms with Crippen LogP contribution in [0.25, 0.3) is 0 Å². The van der Waals surface area contributed by atoms with Crippen LogP contribution in [0.1, 0.15) is 31.1 Å². The maximum Gasteiger partial charge on any atom is 0.141 e. The first-order valence-electron chi connectivity index (χ1n) is 3.97. The van der Waals surface area contributed by atoms with Gasteiger partial charge < -0.3 is 5.73 Å². The van der Waals surface area contributed by atoms with Crippen molar-refractivity contribution in [3.8, 4) is 0 Å². The molecule has 0 aromatic carbocycles. The number of nitrogens with two attached hydrogens (primary N) is 1. The van der Waals surface area contributed by atoms with Gasteiger partial charge in [0.1, 0.15) is 12.2 Å². The summed E-state index contributed by atoms with van der Waals surface area (Å²) in [4.78, 5) is 4.01. The van der Waals surface area contributed by atoms with Gasteiger partial charge in [-0.25, -0.2) is 4.98 Å². The van der Waals surface area contributed by atoms with Crippen molar-refractivity contribution in [1.29, 1.82) is 0 Å². The summed E-state index contributed by atoms with van der Waals surface area (Å²) >= 11 is 0. The lowest BCUT2D eigenvalue weighted by Gasteiger charge is -2.05. The first-order valence-corrected chi connectivity index (χ1v) is 3.97. The zero-order valence-corrected chi connectivity index (χ0v) is 6.33. The average molecular weight is 152 g/mol. The van der Waals surface area contributed by atoms with Crippen LogP contribution in [0.4, 0.5) is 0 Å². The van der Waals surface area contributed by atoms with Crippen molar-refractivity contribution in [2.45, 2.75) is 25.3 Å². The number of hydrogen-bond donors (Lipinski definition) is 2. The summed E-state index contributed by atoms with van der Waals surface area (Å²) in [5, 5.41) is 6.54. The Labute approximate surface area is 65.2 Å². The molecule has 0 aliphatic heterocycles. The van der Waals surface area contributed by atoms with E-state index in [0.29, 0.717) is 0 Å². The minimum atomic E-state index is 0.0602. The fourth-order valence-corrected chi connectivity index (χ4v) is 1.22. The lowest BCUT2D eigenvalue weighted by atomic mass is 10.1. The molecule has 0 saturated heterocycles. The molecule has 2 rings (SSSR count). The number of rotatable bonds is 3. The molecule has 1 aromatic rings. The Morgan fingerprint density at radius 3 is 3.09 bits per heavy atom. The molecule has 1 heterocycles. The maximum absolute atomic E-state index is 5.85. The summed E-state index contributed by atoms with van der Waals surface area (Å²) in [5.41, 5.74) is 5.85. The monoisotopic (exact) mass is 152 g/mol. The van der Waals surface area contributed by atoms with E-state index in [1.54, 1.807) is 0 Å². The molecule has 0 bridgehead atoms. The lowest BCUT2D eigenvalue weighted by Crippen LogP contribution is -2.12. The zero-order chi connectivity index (χ0) is 7.68. The molecule has 0 radical (unpaired) electrons. The van der Waals surface area contributed by atoms with Crippen molar-refractivity contribution in [1.82, 2.24) is 15.2 Å². The molecule has 1 aromatic heterocycles. The minimum Gasteiger partial charge on any atom is -0.321 e. The molecular formula is C7H12N4. The van der Waals surface area contributed by atoms with E-state index < -0.39 is 0 Å². The molecule has 1 aliphatic rings. The topological polar surface area (TPSA) is 67.6 Å². The average Bonchev–Trinajstić information content (AvgIpc) is 2.67. The maximum atomic E-state index is 5.85. The van der Waals surface area contributed by atoms with Crippen LogP contribution in [0.15, 0.2) is 6.33 Å². The summed E-state index contributed by atoms with van der Waals surface area (Å²) in [6.45, 7) is 0. The van der Waals surface area contributed by atoms with Crippen LogP contribution in [0.3, 0.4) is 0 Å². The van der Waals surface area contributed by atoms with Crippen molar-refractivity contribution in [2.75, 3.05) is 0 Å². The molecule has 1 atom stereocenters. The van der Waals surface area contributed by atoms with Crippen molar-refractivity contribution < 1.29 is 0 Å². The molecule has 0 spiro atoms. The van der Waals surface area contributed by atoms with Crippen molar-refractivity contribution in [2.24, 2.45) is 11.7 Å². The highest BCUT2D eigenvalue weighted by Gasteiger charge is 2.25. The highest BCUT2D eigenvalue weighted by Crippen LogP contribution is 2.35. The second-order valence-corrected chi connectivity index (χ2v) is 3.16. The molecule has 3 N–H and O–H groups in total. The molecule has 1 saturated carbocycles. The first kappa shape index (κ1) is 6.79. The van der Waals surface area contributed by atoms with Gasteiger partial charge in [0.05, 0.1) is 6.04 Å². The SMILES string of the molecule is N[C@@H](CC1CC1)c1ncn[nH]1. The second-order valence-electron chi connectivity index (χ2n) is 3.16. The van der Waals surface area contributed by atoms with Gasteiger partial charge in [-0.2, -0.15) is 5.10 Å². The molecule has 1 aliphatic carbocycles. The number of aromatic nitrogens is 3. The van der Waals surface area contributed by atoms with Crippen molar-refractivity contribution in [3.05, 3.63) is 12.2 Å². The van der Waals surface area contributed by atoms with Gasteiger partial charge in [-0.05, 0) is 12.3 Å².